The first-order valence-electron chi connectivity index (χ1n) is 7.17. The third kappa shape index (κ3) is 3.45. The topological polar surface area (TPSA) is 45.1 Å². The van der Waals surface area contributed by atoms with Crippen LogP contribution in [0.2, 0.25) is 0 Å². The predicted octanol–water partition coefficient (Wildman–Crippen LogP) is 2.78. The van der Waals surface area contributed by atoms with Crippen molar-refractivity contribution in [3.05, 3.63) is 23.4 Å². The van der Waals surface area contributed by atoms with E-state index in [4.69, 9.17) is 5.11 Å². The summed E-state index contributed by atoms with van der Waals surface area (Å²) in [4.78, 5) is 4.67. The Labute approximate surface area is 110 Å². The second-order valence-corrected chi connectivity index (χ2v) is 5.20. The number of aromatic nitrogens is 1. The van der Waals surface area contributed by atoms with Gasteiger partial charge in [0.05, 0.1) is 0 Å². The van der Waals surface area contributed by atoms with E-state index >= 15 is 0 Å². The SMILES string of the molecule is CCCC(CCO)CNc1ccc2c(n1)CCC2. The molecule has 0 radical (unpaired) electrons. The molecular formula is C15H24N2O. The molecule has 1 aliphatic carbocycles. The van der Waals surface area contributed by atoms with Crippen molar-refractivity contribution in [2.24, 2.45) is 5.92 Å². The van der Waals surface area contributed by atoms with Gasteiger partial charge in [0, 0.05) is 18.8 Å². The van der Waals surface area contributed by atoms with Crippen molar-refractivity contribution in [2.75, 3.05) is 18.5 Å². The number of fused-ring (bicyclic) bond motifs is 1. The molecule has 2 rings (SSSR count). The minimum atomic E-state index is 0.282. The van der Waals surface area contributed by atoms with Gasteiger partial charge in [-0.1, -0.05) is 19.4 Å². The normalized spacial score (nSPS) is 15.4. The third-order valence-corrected chi connectivity index (χ3v) is 3.73. The Morgan fingerprint density at radius 3 is 3.00 bits per heavy atom. The fraction of sp³-hybridized carbons (Fsp3) is 0.667. The average Bonchev–Trinajstić information content (AvgIpc) is 2.84. The van der Waals surface area contributed by atoms with Crippen LogP contribution < -0.4 is 5.32 Å². The number of nitrogens with zero attached hydrogens (tertiary/aromatic N) is 1. The third-order valence-electron chi connectivity index (χ3n) is 3.73. The maximum absolute atomic E-state index is 9.04. The first-order valence-corrected chi connectivity index (χ1v) is 7.17. The molecule has 0 saturated heterocycles. The number of hydrogen-bond acceptors (Lipinski definition) is 3. The number of aliphatic hydroxyl groups is 1. The van der Waals surface area contributed by atoms with Crippen molar-refractivity contribution < 1.29 is 5.11 Å². The van der Waals surface area contributed by atoms with Crippen LogP contribution in [0.3, 0.4) is 0 Å². The molecule has 0 fully saturated rings. The lowest BCUT2D eigenvalue weighted by atomic mass is 10.0. The zero-order chi connectivity index (χ0) is 12.8. The van der Waals surface area contributed by atoms with E-state index < -0.39 is 0 Å². The molecule has 0 bridgehead atoms. The van der Waals surface area contributed by atoms with E-state index in [0.717, 1.165) is 25.2 Å². The summed E-state index contributed by atoms with van der Waals surface area (Å²) in [6.07, 6.45) is 6.77. The number of aliphatic hydroxyl groups excluding tert-OH is 1. The first-order chi connectivity index (χ1) is 8.83. The van der Waals surface area contributed by atoms with Gasteiger partial charge in [-0.15, -0.1) is 0 Å². The van der Waals surface area contributed by atoms with E-state index in [1.165, 1.54) is 36.9 Å². The van der Waals surface area contributed by atoms with E-state index in [-0.39, 0.29) is 6.61 Å². The summed E-state index contributed by atoms with van der Waals surface area (Å²) in [6.45, 7) is 3.39. The summed E-state index contributed by atoms with van der Waals surface area (Å²) in [6, 6.07) is 4.30. The van der Waals surface area contributed by atoms with Crippen molar-refractivity contribution >= 4 is 5.82 Å². The summed E-state index contributed by atoms with van der Waals surface area (Å²) in [5, 5.41) is 12.5. The molecule has 18 heavy (non-hydrogen) atoms. The van der Waals surface area contributed by atoms with Gasteiger partial charge in [-0.05, 0) is 49.7 Å². The van der Waals surface area contributed by atoms with Gasteiger partial charge in [0.1, 0.15) is 5.82 Å². The van der Waals surface area contributed by atoms with Crippen LogP contribution in [0, 0.1) is 5.92 Å². The van der Waals surface area contributed by atoms with Gasteiger partial charge in [-0.3, -0.25) is 0 Å². The van der Waals surface area contributed by atoms with E-state index in [2.05, 4.69) is 29.4 Å². The van der Waals surface area contributed by atoms with Crippen LogP contribution in [0.25, 0.3) is 0 Å². The Hall–Kier alpha value is -1.09. The van der Waals surface area contributed by atoms with Gasteiger partial charge in [-0.2, -0.15) is 0 Å². The minimum Gasteiger partial charge on any atom is -0.396 e. The molecule has 0 spiro atoms. The molecule has 2 N–H and O–H groups in total. The van der Waals surface area contributed by atoms with Crippen LogP contribution in [0.4, 0.5) is 5.82 Å². The average molecular weight is 248 g/mol. The molecule has 1 aromatic heterocycles. The smallest absolute Gasteiger partial charge is 0.126 e. The Morgan fingerprint density at radius 1 is 1.33 bits per heavy atom. The monoisotopic (exact) mass is 248 g/mol. The molecule has 1 atom stereocenters. The summed E-state index contributed by atoms with van der Waals surface area (Å²) in [5.74, 6) is 1.55. The standard InChI is InChI=1S/C15H24N2O/c1-2-4-12(9-10-18)11-16-15-8-7-13-5-3-6-14(13)17-15/h7-8,12,18H,2-6,9-11H2,1H3,(H,16,17). The van der Waals surface area contributed by atoms with Gasteiger partial charge in [0.25, 0.3) is 0 Å². The van der Waals surface area contributed by atoms with Crippen LogP contribution in [0.5, 0.6) is 0 Å². The number of anilines is 1. The van der Waals surface area contributed by atoms with Crippen LogP contribution in [0.1, 0.15) is 43.9 Å². The molecule has 3 heteroatoms. The Balaban J connectivity index is 1.88. The molecule has 1 heterocycles. The van der Waals surface area contributed by atoms with Gasteiger partial charge in [0.15, 0.2) is 0 Å². The van der Waals surface area contributed by atoms with E-state index in [1.54, 1.807) is 0 Å². The highest BCUT2D eigenvalue weighted by atomic mass is 16.3. The lowest BCUT2D eigenvalue weighted by Crippen LogP contribution is -2.16. The zero-order valence-electron chi connectivity index (χ0n) is 11.3. The molecule has 0 aliphatic heterocycles. The molecule has 100 valence electrons. The number of rotatable bonds is 7. The number of aryl methyl sites for hydroxylation is 2. The summed E-state index contributed by atoms with van der Waals surface area (Å²) in [7, 11) is 0. The first kappa shape index (κ1) is 13.3. The number of hydrogen-bond donors (Lipinski definition) is 2. The highest BCUT2D eigenvalue weighted by molar-refractivity contribution is 5.40. The maximum atomic E-state index is 9.04. The molecule has 1 aromatic rings. The Bertz CT molecular complexity index is 373. The maximum Gasteiger partial charge on any atom is 0.126 e. The van der Waals surface area contributed by atoms with E-state index in [1.807, 2.05) is 0 Å². The fourth-order valence-corrected chi connectivity index (χ4v) is 2.71. The van der Waals surface area contributed by atoms with Gasteiger partial charge >= 0.3 is 0 Å². The Morgan fingerprint density at radius 2 is 2.22 bits per heavy atom. The molecule has 1 aliphatic rings. The van der Waals surface area contributed by atoms with Crippen molar-refractivity contribution in [1.29, 1.82) is 0 Å². The summed E-state index contributed by atoms with van der Waals surface area (Å²) < 4.78 is 0. The molecule has 1 unspecified atom stereocenters. The lowest BCUT2D eigenvalue weighted by Gasteiger charge is -2.16. The molecule has 0 amide bonds. The summed E-state index contributed by atoms with van der Waals surface area (Å²) in [5.41, 5.74) is 2.69. The Kier molecular flexibility index (Phi) is 5.00. The second kappa shape index (κ2) is 6.74. The van der Waals surface area contributed by atoms with Crippen molar-refractivity contribution in [3.63, 3.8) is 0 Å². The number of pyridine rings is 1. The van der Waals surface area contributed by atoms with E-state index in [9.17, 15) is 0 Å². The van der Waals surface area contributed by atoms with Crippen molar-refractivity contribution in [3.8, 4) is 0 Å². The quantitative estimate of drug-likeness (QED) is 0.780. The van der Waals surface area contributed by atoms with Crippen molar-refractivity contribution in [1.82, 2.24) is 4.98 Å². The van der Waals surface area contributed by atoms with Gasteiger partial charge in [0.2, 0.25) is 0 Å². The molecule has 0 saturated carbocycles. The molecule has 0 aromatic carbocycles. The highest BCUT2D eigenvalue weighted by Gasteiger charge is 2.13. The fourth-order valence-electron chi connectivity index (χ4n) is 2.71. The van der Waals surface area contributed by atoms with Crippen LogP contribution in [-0.2, 0) is 12.8 Å². The lowest BCUT2D eigenvalue weighted by molar-refractivity contribution is 0.255. The van der Waals surface area contributed by atoms with Crippen LogP contribution in [0.15, 0.2) is 12.1 Å². The van der Waals surface area contributed by atoms with Crippen molar-refractivity contribution in [2.45, 2.75) is 45.4 Å². The van der Waals surface area contributed by atoms with Crippen LogP contribution >= 0.6 is 0 Å². The molecule has 3 nitrogen and oxygen atoms in total. The van der Waals surface area contributed by atoms with E-state index in [0.29, 0.717) is 5.92 Å². The minimum absolute atomic E-state index is 0.282. The van der Waals surface area contributed by atoms with Crippen LogP contribution in [-0.4, -0.2) is 23.2 Å². The largest absolute Gasteiger partial charge is 0.396 e. The zero-order valence-corrected chi connectivity index (χ0v) is 11.3. The second-order valence-electron chi connectivity index (χ2n) is 5.20. The number of nitrogens with one attached hydrogen (secondary N) is 1. The van der Waals surface area contributed by atoms with Gasteiger partial charge < -0.3 is 10.4 Å². The predicted molar refractivity (Wildman–Crippen MR) is 74.9 cm³/mol. The summed E-state index contributed by atoms with van der Waals surface area (Å²) >= 11 is 0. The molecular weight excluding hydrogens is 224 g/mol. The van der Waals surface area contributed by atoms with Gasteiger partial charge in [-0.25, -0.2) is 4.98 Å². The highest BCUT2D eigenvalue weighted by Crippen LogP contribution is 2.22.